The van der Waals surface area contributed by atoms with Crippen LogP contribution in [0.1, 0.15) is 29.3 Å². The lowest BCUT2D eigenvalue weighted by atomic mass is 10.3. The molecule has 0 aromatic carbocycles. The lowest BCUT2D eigenvalue weighted by Gasteiger charge is -2.11. The van der Waals surface area contributed by atoms with E-state index in [0.717, 1.165) is 22.8 Å². The molecule has 0 fully saturated rings. The normalized spacial score (nSPS) is 12.2. The summed E-state index contributed by atoms with van der Waals surface area (Å²) in [5.41, 5.74) is 2.37. The van der Waals surface area contributed by atoms with E-state index >= 15 is 0 Å². The standard InChI is InChI=1S/C14H19ClN4O2S/c1-4-19-9(3)13(8(2)18-19)17-14(21)16-7-10(20)11-5-6-12(15)22-11/h5-6,10,20H,4,7H2,1-3H3,(H2,16,17,21). The first kappa shape index (κ1) is 16.8. The van der Waals surface area contributed by atoms with Crippen molar-refractivity contribution in [2.75, 3.05) is 11.9 Å². The second-order valence-corrected chi connectivity index (χ2v) is 6.60. The minimum atomic E-state index is -0.774. The Morgan fingerprint density at radius 2 is 2.23 bits per heavy atom. The Kier molecular flexibility index (Phi) is 5.44. The van der Waals surface area contributed by atoms with Crippen LogP contribution in [0.4, 0.5) is 10.5 Å². The second kappa shape index (κ2) is 7.13. The predicted molar refractivity (Wildman–Crippen MR) is 88.7 cm³/mol. The Hall–Kier alpha value is -1.57. The summed E-state index contributed by atoms with van der Waals surface area (Å²) in [5.74, 6) is 0. The summed E-state index contributed by atoms with van der Waals surface area (Å²) in [6, 6.07) is 3.09. The maximum atomic E-state index is 12.0. The Morgan fingerprint density at radius 1 is 1.50 bits per heavy atom. The lowest BCUT2D eigenvalue weighted by molar-refractivity contribution is 0.178. The fourth-order valence-electron chi connectivity index (χ4n) is 2.14. The van der Waals surface area contributed by atoms with Crippen molar-refractivity contribution < 1.29 is 9.90 Å². The summed E-state index contributed by atoms with van der Waals surface area (Å²) in [4.78, 5) is 12.7. The van der Waals surface area contributed by atoms with E-state index in [9.17, 15) is 9.90 Å². The third-order valence-electron chi connectivity index (χ3n) is 3.30. The van der Waals surface area contributed by atoms with E-state index in [0.29, 0.717) is 10.0 Å². The number of nitrogens with zero attached hydrogens (tertiary/aromatic N) is 2. The molecule has 0 aliphatic carbocycles. The fourth-order valence-corrected chi connectivity index (χ4v) is 3.19. The molecule has 2 aromatic rings. The topological polar surface area (TPSA) is 79.2 Å². The molecular weight excluding hydrogens is 324 g/mol. The van der Waals surface area contributed by atoms with E-state index < -0.39 is 6.10 Å². The highest BCUT2D eigenvalue weighted by Crippen LogP contribution is 2.26. The van der Waals surface area contributed by atoms with Gasteiger partial charge in [-0.3, -0.25) is 4.68 Å². The number of aliphatic hydroxyl groups is 1. The first-order valence-corrected chi connectivity index (χ1v) is 8.14. The van der Waals surface area contributed by atoms with Gasteiger partial charge in [-0.1, -0.05) is 11.6 Å². The van der Waals surface area contributed by atoms with Crippen molar-refractivity contribution in [2.45, 2.75) is 33.4 Å². The molecule has 2 heterocycles. The van der Waals surface area contributed by atoms with Gasteiger partial charge >= 0.3 is 6.03 Å². The van der Waals surface area contributed by atoms with Crippen LogP contribution in [0.25, 0.3) is 0 Å². The van der Waals surface area contributed by atoms with Crippen LogP contribution in [-0.2, 0) is 6.54 Å². The van der Waals surface area contributed by atoms with Crippen molar-refractivity contribution in [2.24, 2.45) is 0 Å². The van der Waals surface area contributed by atoms with Gasteiger partial charge in [-0.25, -0.2) is 4.79 Å². The summed E-state index contributed by atoms with van der Waals surface area (Å²) in [5, 5.41) is 19.8. The number of carbonyl (C=O) groups excluding carboxylic acids is 1. The van der Waals surface area contributed by atoms with E-state index in [1.54, 1.807) is 12.1 Å². The molecule has 6 nitrogen and oxygen atoms in total. The van der Waals surface area contributed by atoms with Crippen molar-refractivity contribution in [3.05, 3.63) is 32.7 Å². The molecule has 120 valence electrons. The van der Waals surface area contributed by atoms with E-state index in [-0.39, 0.29) is 12.6 Å². The monoisotopic (exact) mass is 342 g/mol. The summed E-state index contributed by atoms with van der Waals surface area (Å²) >= 11 is 7.12. The highest BCUT2D eigenvalue weighted by atomic mass is 35.5. The quantitative estimate of drug-likeness (QED) is 0.781. The summed E-state index contributed by atoms with van der Waals surface area (Å²) in [6.45, 7) is 6.60. The van der Waals surface area contributed by atoms with Gasteiger partial charge in [0.1, 0.15) is 6.10 Å². The van der Waals surface area contributed by atoms with Crippen LogP contribution in [0.15, 0.2) is 12.1 Å². The average molecular weight is 343 g/mol. The maximum absolute atomic E-state index is 12.0. The van der Waals surface area contributed by atoms with E-state index in [2.05, 4.69) is 15.7 Å². The highest BCUT2D eigenvalue weighted by molar-refractivity contribution is 7.16. The van der Waals surface area contributed by atoms with Gasteiger partial charge < -0.3 is 15.7 Å². The molecule has 22 heavy (non-hydrogen) atoms. The zero-order chi connectivity index (χ0) is 16.3. The first-order chi connectivity index (χ1) is 10.4. The van der Waals surface area contributed by atoms with Gasteiger partial charge in [-0.2, -0.15) is 5.10 Å². The average Bonchev–Trinajstić information content (AvgIpc) is 3.03. The molecule has 1 unspecified atom stereocenters. The van der Waals surface area contributed by atoms with Crippen LogP contribution in [0.5, 0.6) is 0 Å². The van der Waals surface area contributed by atoms with E-state index in [4.69, 9.17) is 11.6 Å². The molecule has 0 saturated carbocycles. The van der Waals surface area contributed by atoms with Gasteiger partial charge in [0, 0.05) is 11.4 Å². The van der Waals surface area contributed by atoms with Crippen LogP contribution < -0.4 is 10.6 Å². The number of rotatable bonds is 5. The number of aromatic nitrogens is 2. The molecule has 2 aromatic heterocycles. The van der Waals surface area contributed by atoms with Crippen LogP contribution in [0, 0.1) is 13.8 Å². The van der Waals surface area contributed by atoms with Gasteiger partial charge in [-0.15, -0.1) is 11.3 Å². The van der Waals surface area contributed by atoms with Gasteiger partial charge in [0.15, 0.2) is 0 Å². The van der Waals surface area contributed by atoms with Gasteiger partial charge in [0.25, 0.3) is 0 Å². The number of aryl methyl sites for hydroxylation is 2. The van der Waals surface area contributed by atoms with Crippen LogP contribution in [-0.4, -0.2) is 27.5 Å². The van der Waals surface area contributed by atoms with E-state index in [1.165, 1.54) is 11.3 Å². The molecule has 0 aliphatic rings. The van der Waals surface area contributed by atoms with Crippen molar-refractivity contribution >= 4 is 34.7 Å². The molecule has 0 saturated heterocycles. The molecule has 1 atom stereocenters. The number of thiophene rings is 1. The lowest BCUT2D eigenvalue weighted by Crippen LogP contribution is -2.32. The largest absolute Gasteiger partial charge is 0.386 e. The Labute approximate surface area is 138 Å². The van der Waals surface area contributed by atoms with Crippen molar-refractivity contribution in [1.82, 2.24) is 15.1 Å². The number of aliphatic hydroxyl groups excluding tert-OH is 1. The van der Waals surface area contributed by atoms with Crippen LogP contribution >= 0.6 is 22.9 Å². The number of amides is 2. The minimum absolute atomic E-state index is 0.114. The fraction of sp³-hybridized carbons (Fsp3) is 0.429. The summed E-state index contributed by atoms with van der Waals surface area (Å²) < 4.78 is 2.43. The van der Waals surface area contributed by atoms with E-state index in [1.807, 2.05) is 25.5 Å². The molecule has 2 rings (SSSR count). The number of halogens is 1. The second-order valence-electron chi connectivity index (χ2n) is 4.85. The Bertz CT molecular complexity index is 668. The minimum Gasteiger partial charge on any atom is -0.386 e. The number of urea groups is 1. The maximum Gasteiger partial charge on any atom is 0.319 e. The number of nitrogens with one attached hydrogen (secondary N) is 2. The third kappa shape index (κ3) is 3.79. The molecule has 8 heteroatoms. The Balaban J connectivity index is 1.92. The molecular formula is C14H19ClN4O2S. The van der Waals surface area contributed by atoms with Gasteiger partial charge in [-0.05, 0) is 32.9 Å². The van der Waals surface area contributed by atoms with Gasteiger partial charge in [0.2, 0.25) is 0 Å². The first-order valence-electron chi connectivity index (χ1n) is 6.94. The number of hydrogen-bond acceptors (Lipinski definition) is 4. The van der Waals surface area contributed by atoms with Crippen molar-refractivity contribution in [3.8, 4) is 0 Å². The van der Waals surface area contributed by atoms with Gasteiger partial charge in [0.05, 0.1) is 28.0 Å². The molecule has 0 bridgehead atoms. The summed E-state index contributed by atoms with van der Waals surface area (Å²) in [7, 11) is 0. The number of anilines is 1. The molecule has 0 radical (unpaired) electrons. The summed E-state index contributed by atoms with van der Waals surface area (Å²) in [6.07, 6.45) is -0.774. The Morgan fingerprint density at radius 3 is 2.77 bits per heavy atom. The third-order valence-corrected chi connectivity index (χ3v) is 4.63. The molecule has 2 amide bonds. The molecule has 0 spiro atoms. The zero-order valence-electron chi connectivity index (χ0n) is 12.7. The predicted octanol–water partition coefficient (Wildman–Crippen LogP) is 3.09. The zero-order valence-corrected chi connectivity index (χ0v) is 14.3. The smallest absolute Gasteiger partial charge is 0.319 e. The number of hydrogen-bond donors (Lipinski definition) is 3. The molecule has 0 aliphatic heterocycles. The molecule has 3 N–H and O–H groups in total. The van der Waals surface area contributed by atoms with Crippen LogP contribution in [0.2, 0.25) is 4.34 Å². The highest BCUT2D eigenvalue weighted by Gasteiger charge is 2.15. The van der Waals surface area contributed by atoms with Crippen molar-refractivity contribution in [1.29, 1.82) is 0 Å². The van der Waals surface area contributed by atoms with Crippen molar-refractivity contribution in [3.63, 3.8) is 0 Å². The number of carbonyl (C=O) groups is 1. The van der Waals surface area contributed by atoms with Crippen LogP contribution in [0.3, 0.4) is 0 Å². The SMILES string of the molecule is CCn1nc(C)c(NC(=O)NCC(O)c2ccc(Cl)s2)c1C.